The van der Waals surface area contributed by atoms with Gasteiger partial charge in [-0.15, -0.1) is 0 Å². The van der Waals surface area contributed by atoms with Crippen molar-refractivity contribution >= 4 is 17.7 Å². The molecule has 1 aliphatic rings. The number of pyridine rings is 1. The predicted octanol–water partition coefficient (Wildman–Crippen LogP) is 2.41. The first-order valence-electron chi connectivity index (χ1n) is 8.13. The Balaban J connectivity index is 2.43. The smallest absolute Gasteiger partial charge is 0.341 e. The van der Waals surface area contributed by atoms with Crippen LogP contribution in [0.4, 0.5) is 0 Å². The Bertz CT molecular complexity index is 702. The maximum absolute atomic E-state index is 12.5. The van der Waals surface area contributed by atoms with Crippen LogP contribution >= 0.6 is 0 Å². The molecule has 0 unspecified atom stereocenters. The molecule has 0 aliphatic heterocycles. The molecule has 0 aromatic carbocycles. The fourth-order valence-corrected chi connectivity index (χ4v) is 2.85. The summed E-state index contributed by atoms with van der Waals surface area (Å²) in [5, 5.41) is 0. The summed E-state index contributed by atoms with van der Waals surface area (Å²) in [4.78, 5) is 41.1. The molecule has 1 aromatic heterocycles. The van der Waals surface area contributed by atoms with E-state index in [9.17, 15) is 14.4 Å². The lowest BCUT2D eigenvalue weighted by Gasteiger charge is -2.32. The molecule has 1 heterocycles. The topological polar surface area (TPSA) is 82.6 Å². The van der Waals surface area contributed by atoms with Gasteiger partial charge in [-0.1, -0.05) is 0 Å². The minimum absolute atomic E-state index is 0.0827. The summed E-state index contributed by atoms with van der Waals surface area (Å²) in [6, 6.07) is 3.59. The first-order chi connectivity index (χ1) is 11.7. The first-order valence-corrected chi connectivity index (χ1v) is 8.13. The van der Waals surface area contributed by atoms with E-state index in [2.05, 4.69) is 4.98 Å². The van der Waals surface area contributed by atoms with Gasteiger partial charge in [-0.25, -0.2) is 4.79 Å². The van der Waals surface area contributed by atoms with Crippen molar-refractivity contribution in [3.63, 3.8) is 0 Å². The van der Waals surface area contributed by atoms with Gasteiger partial charge in [-0.3, -0.25) is 14.6 Å². The number of carbonyl (C=O) groups excluding carboxylic acids is 3. The molecule has 1 aliphatic carbocycles. The van der Waals surface area contributed by atoms with Crippen LogP contribution < -0.4 is 0 Å². The van der Waals surface area contributed by atoms with Gasteiger partial charge in [0.05, 0.1) is 18.1 Å². The number of esters is 2. The van der Waals surface area contributed by atoms with E-state index in [-0.39, 0.29) is 24.2 Å². The fourth-order valence-electron chi connectivity index (χ4n) is 2.85. The molecule has 0 fully saturated rings. The molecule has 0 saturated carbocycles. The maximum Gasteiger partial charge on any atom is 0.341 e. The van der Waals surface area contributed by atoms with E-state index >= 15 is 0 Å². The lowest BCUT2D eigenvalue weighted by Crippen LogP contribution is -2.39. The van der Waals surface area contributed by atoms with Crippen LogP contribution in [0.2, 0.25) is 0 Å². The third kappa shape index (κ3) is 4.53. The van der Waals surface area contributed by atoms with Crippen LogP contribution in [0.25, 0.3) is 0 Å². The summed E-state index contributed by atoms with van der Waals surface area (Å²) in [6.07, 6.45) is 5.39. The summed E-state index contributed by atoms with van der Waals surface area (Å²) in [5.41, 5.74) is -1.01. The Morgan fingerprint density at radius 3 is 2.44 bits per heavy atom. The number of ketones is 1. The highest BCUT2D eigenvalue weighted by Gasteiger charge is 2.44. The fraction of sp³-hybridized carbons (Fsp3) is 0.474. The third-order valence-electron chi connectivity index (χ3n) is 4.00. The van der Waals surface area contributed by atoms with Crippen molar-refractivity contribution in [2.24, 2.45) is 5.41 Å². The molecule has 0 saturated heterocycles. The molecule has 6 heteroatoms. The molecule has 134 valence electrons. The molecule has 0 spiro atoms. The SMILES string of the molecule is COC(=O)[C@@]1(Cc2ccncc2)C=C(C(=O)OC(C)(C)C)C(=O)CC1. The van der Waals surface area contributed by atoms with E-state index in [1.165, 1.54) is 13.2 Å². The molecule has 1 atom stereocenters. The Morgan fingerprint density at radius 1 is 1.24 bits per heavy atom. The van der Waals surface area contributed by atoms with E-state index in [0.29, 0.717) is 6.42 Å². The molecule has 1 aromatic rings. The molecule has 25 heavy (non-hydrogen) atoms. The highest BCUT2D eigenvalue weighted by Crippen LogP contribution is 2.38. The number of methoxy groups -OCH3 is 1. The zero-order valence-electron chi connectivity index (χ0n) is 15.0. The van der Waals surface area contributed by atoms with Crippen molar-refractivity contribution in [3.8, 4) is 0 Å². The van der Waals surface area contributed by atoms with Gasteiger partial charge in [0, 0.05) is 18.8 Å². The number of ether oxygens (including phenoxy) is 2. The van der Waals surface area contributed by atoms with Gasteiger partial charge in [0.25, 0.3) is 0 Å². The monoisotopic (exact) mass is 345 g/mol. The standard InChI is InChI=1S/C19H23NO5/c1-18(2,3)25-16(22)14-12-19(17(23)24-4,8-5-15(14)21)11-13-6-9-20-10-7-13/h6-7,9-10,12H,5,8,11H2,1-4H3/t19-/m0/s1. The lowest BCUT2D eigenvalue weighted by molar-refractivity contribution is -0.152. The number of hydrogen-bond donors (Lipinski definition) is 0. The van der Waals surface area contributed by atoms with Crippen molar-refractivity contribution in [1.82, 2.24) is 4.98 Å². The number of rotatable bonds is 4. The van der Waals surface area contributed by atoms with Crippen LogP contribution in [0, 0.1) is 5.41 Å². The number of Topliss-reactive ketones (excluding diaryl/α,β-unsaturated/α-hetero) is 1. The largest absolute Gasteiger partial charge is 0.468 e. The molecule has 0 bridgehead atoms. The average Bonchev–Trinajstić information content (AvgIpc) is 2.55. The Kier molecular flexibility index (Phi) is 5.40. The highest BCUT2D eigenvalue weighted by molar-refractivity contribution is 6.18. The van der Waals surface area contributed by atoms with E-state index < -0.39 is 23.0 Å². The zero-order valence-corrected chi connectivity index (χ0v) is 15.0. The van der Waals surface area contributed by atoms with Crippen molar-refractivity contribution in [2.45, 2.75) is 45.6 Å². The Labute approximate surface area is 147 Å². The van der Waals surface area contributed by atoms with Gasteiger partial charge in [-0.2, -0.15) is 0 Å². The van der Waals surface area contributed by atoms with E-state index in [1.54, 1.807) is 45.3 Å². The van der Waals surface area contributed by atoms with E-state index in [1.807, 2.05) is 0 Å². The van der Waals surface area contributed by atoms with Gasteiger partial charge in [0.2, 0.25) is 0 Å². The van der Waals surface area contributed by atoms with Crippen molar-refractivity contribution in [3.05, 3.63) is 41.7 Å². The second kappa shape index (κ2) is 7.17. The zero-order chi connectivity index (χ0) is 18.7. The molecule has 0 N–H and O–H groups in total. The maximum atomic E-state index is 12.5. The number of aromatic nitrogens is 1. The summed E-state index contributed by atoms with van der Waals surface area (Å²) in [6.45, 7) is 5.18. The van der Waals surface area contributed by atoms with Crippen molar-refractivity contribution in [2.75, 3.05) is 7.11 Å². The van der Waals surface area contributed by atoms with Crippen LogP contribution in [0.1, 0.15) is 39.2 Å². The van der Waals surface area contributed by atoms with Gasteiger partial charge in [0.1, 0.15) is 5.60 Å². The quantitative estimate of drug-likeness (QED) is 0.616. The Morgan fingerprint density at radius 2 is 1.88 bits per heavy atom. The van der Waals surface area contributed by atoms with Crippen molar-refractivity contribution < 1.29 is 23.9 Å². The van der Waals surface area contributed by atoms with E-state index in [0.717, 1.165) is 5.56 Å². The van der Waals surface area contributed by atoms with Crippen molar-refractivity contribution in [1.29, 1.82) is 0 Å². The molecular formula is C19H23NO5. The minimum atomic E-state index is -1.07. The van der Waals surface area contributed by atoms with Gasteiger partial charge < -0.3 is 9.47 Å². The van der Waals surface area contributed by atoms with Crippen LogP contribution in [0.15, 0.2) is 36.2 Å². The van der Waals surface area contributed by atoms with Crippen LogP contribution in [-0.4, -0.2) is 35.4 Å². The summed E-state index contributed by atoms with van der Waals surface area (Å²) in [5.74, 6) is -1.50. The lowest BCUT2D eigenvalue weighted by atomic mass is 9.72. The second-order valence-electron chi connectivity index (χ2n) is 7.16. The second-order valence-corrected chi connectivity index (χ2v) is 7.16. The van der Waals surface area contributed by atoms with Crippen LogP contribution in [0.5, 0.6) is 0 Å². The van der Waals surface area contributed by atoms with Crippen LogP contribution in [0.3, 0.4) is 0 Å². The Hall–Kier alpha value is -2.50. The molecular weight excluding hydrogens is 322 g/mol. The summed E-state index contributed by atoms with van der Waals surface area (Å²) < 4.78 is 10.3. The average molecular weight is 345 g/mol. The number of hydrogen-bond acceptors (Lipinski definition) is 6. The summed E-state index contributed by atoms with van der Waals surface area (Å²) in [7, 11) is 1.30. The predicted molar refractivity (Wildman–Crippen MR) is 90.6 cm³/mol. The molecule has 0 amide bonds. The number of carbonyl (C=O) groups is 3. The van der Waals surface area contributed by atoms with E-state index in [4.69, 9.17) is 9.47 Å². The van der Waals surface area contributed by atoms with Gasteiger partial charge in [-0.05, 0) is 57.4 Å². The van der Waals surface area contributed by atoms with Crippen LogP contribution in [-0.2, 0) is 30.3 Å². The normalized spacial score (nSPS) is 20.6. The third-order valence-corrected chi connectivity index (χ3v) is 4.00. The van der Waals surface area contributed by atoms with Gasteiger partial charge in [0.15, 0.2) is 5.78 Å². The summed E-state index contributed by atoms with van der Waals surface area (Å²) >= 11 is 0. The number of nitrogens with zero attached hydrogens (tertiary/aromatic N) is 1. The van der Waals surface area contributed by atoms with Gasteiger partial charge >= 0.3 is 11.9 Å². The first kappa shape index (κ1) is 18.8. The molecule has 0 radical (unpaired) electrons. The molecule has 6 nitrogen and oxygen atoms in total. The molecule has 2 rings (SSSR count). The minimum Gasteiger partial charge on any atom is -0.468 e. The highest BCUT2D eigenvalue weighted by atomic mass is 16.6.